The Morgan fingerprint density at radius 2 is 2.11 bits per heavy atom. The zero-order chi connectivity index (χ0) is 13.7. The van der Waals surface area contributed by atoms with Gasteiger partial charge in [0.15, 0.2) is 0 Å². The van der Waals surface area contributed by atoms with Gasteiger partial charge >= 0.3 is 0 Å². The van der Waals surface area contributed by atoms with Crippen LogP contribution < -0.4 is 5.32 Å². The second kappa shape index (κ2) is 6.64. The number of fused-ring (bicyclic) bond motifs is 1. The molecule has 1 aromatic heterocycles. The van der Waals surface area contributed by atoms with Crippen molar-refractivity contribution in [2.45, 2.75) is 39.3 Å². The van der Waals surface area contributed by atoms with E-state index in [2.05, 4.69) is 34.6 Å². The number of rotatable bonds is 6. The number of aliphatic hydroxyl groups excluding tert-OH is 1. The summed E-state index contributed by atoms with van der Waals surface area (Å²) in [6, 6.07) is 10.4. The number of benzene rings is 1. The van der Waals surface area contributed by atoms with Crippen LogP contribution in [0.4, 0.5) is 0 Å². The number of nitrogens with zero attached hydrogens (tertiary/aromatic N) is 1. The summed E-state index contributed by atoms with van der Waals surface area (Å²) in [6.45, 7) is 5.65. The van der Waals surface area contributed by atoms with Gasteiger partial charge in [0.2, 0.25) is 0 Å². The minimum Gasteiger partial charge on any atom is -0.393 e. The molecule has 0 bridgehead atoms. The molecule has 0 radical (unpaired) electrons. The molecule has 0 saturated heterocycles. The number of aromatic nitrogens is 1. The minimum atomic E-state index is -0.203. The molecular formula is C16H22N2O. The van der Waals surface area contributed by atoms with Crippen molar-refractivity contribution in [1.82, 2.24) is 10.3 Å². The zero-order valence-electron chi connectivity index (χ0n) is 11.7. The van der Waals surface area contributed by atoms with Gasteiger partial charge in [0.1, 0.15) is 0 Å². The Morgan fingerprint density at radius 3 is 2.89 bits per heavy atom. The van der Waals surface area contributed by atoms with Crippen LogP contribution in [0.5, 0.6) is 0 Å². The largest absolute Gasteiger partial charge is 0.393 e. The van der Waals surface area contributed by atoms with Crippen LogP contribution in [0.15, 0.2) is 30.3 Å². The van der Waals surface area contributed by atoms with E-state index in [-0.39, 0.29) is 6.10 Å². The molecule has 0 spiro atoms. The fraction of sp³-hybridized carbons (Fsp3) is 0.438. The van der Waals surface area contributed by atoms with Crippen molar-refractivity contribution in [3.63, 3.8) is 0 Å². The van der Waals surface area contributed by atoms with Crippen LogP contribution in [-0.2, 0) is 6.54 Å². The number of hydrogen-bond acceptors (Lipinski definition) is 3. The molecule has 0 amide bonds. The highest BCUT2D eigenvalue weighted by atomic mass is 16.3. The van der Waals surface area contributed by atoms with E-state index in [4.69, 9.17) is 0 Å². The maximum Gasteiger partial charge on any atom is 0.0708 e. The lowest BCUT2D eigenvalue weighted by Gasteiger charge is -2.10. The third-order valence-electron chi connectivity index (χ3n) is 3.22. The monoisotopic (exact) mass is 258 g/mol. The molecule has 19 heavy (non-hydrogen) atoms. The van der Waals surface area contributed by atoms with Crippen LogP contribution in [0.25, 0.3) is 10.9 Å². The smallest absolute Gasteiger partial charge is 0.0708 e. The summed E-state index contributed by atoms with van der Waals surface area (Å²) in [5, 5.41) is 13.9. The average Bonchev–Trinajstić information content (AvgIpc) is 2.37. The van der Waals surface area contributed by atoms with Crippen molar-refractivity contribution in [3.8, 4) is 0 Å². The van der Waals surface area contributed by atoms with Gasteiger partial charge in [0, 0.05) is 17.6 Å². The first-order valence-electron chi connectivity index (χ1n) is 6.91. The van der Waals surface area contributed by atoms with E-state index in [0.29, 0.717) is 0 Å². The van der Waals surface area contributed by atoms with Gasteiger partial charge in [-0.15, -0.1) is 0 Å². The predicted octanol–water partition coefficient (Wildman–Crippen LogP) is 2.79. The topological polar surface area (TPSA) is 45.1 Å². The summed E-state index contributed by atoms with van der Waals surface area (Å²) in [6.07, 6.45) is 1.65. The molecule has 0 saturated carbocycles. The van der Waals surface area contributed by atoms with E-state index in [9.17, 15) is 5.11 Å². The van der Waals surface area contributed by atoms with Crippen molar-refractivity contribution in [2.75, 3.05) is 6.54 Å². The molecule has 102 valence electrons. The van der Waals surface area contributed by atoms with E-state index < -0.39 is 0 Å². The fourth-order valence-electron chi connectivity index (χ4n) is 2.29. The molecule has 0 aliphatic carbocycles. The van der Waals surface area contributed by atoms with Gasteiger partial charge in [-0.25, -0.2) is 0 Å². The minimum absolute atomic E-state index is 0.203. The number of nitrogens with one attached hydrogen (secondary N) is 1. The molecule has 0 aliphatic heterocycles. The highest BCUT2D eigenvalue weighted by molar-refractivity contribution is 5.82. The molecule has 3 heteroatoms. The van der Waals surface area contributed by atoms with Crippen molar-refractivity contribution < 1.29 is 5.11 Å². The summed E-state index contributed by atoms with van der Waals surface area (Å²) in [7, 11) is 0. The Bertz CT molecular complexity index is 537. The highest BCUT2D eigenvalue weighted by Gasteiger charge is 2.03. The molecule has 0 fully saturated rings. The molecule has 1 atom stereocenters. The van der Waals surface area contributed by atoms with E-state index in [1.54, 1.807) is 0 Å². The Labute approximate surface area is 114 Å². The fourth-order valence-corrected chi connectivity index (χ4v) is 2.29. The third-order valence-corrected chi connectivity index (χ3v) is 3.22. The second-order valence-electron chi connectivity index (χ2n) is 5.11. The molecule has 3 nitrogen and oxygen atoms in total. The molecule has 1 aromatic carbocycles. The van der Waals surface area contributed by atoms with Gasteiger partial charge in [-0.2, -0.15) is 0 Å². The first-order valence-corrected chi connectivity index (χ1v) is 6.91. The lowest BCUT2D eigenvalue weighted by atomic mass is 10.1. The summed E-state index contributed by atoms with van der Waals surface area (Å²) >= 11 is 0. The van der Waals surface area contributed by atoms with Crippen LogP contribution in [-0.4, -0.2) is 22.7 Å². The van der Waals surface area contributed by atoms with E-state index in [1.807, 2.05) is 19.9 Å². The van der Waals surface area contributed by atoms with Gasteiger partial charge in [-0.3, -0.25) is 4.98 Å². The summed E-state index contributed by atoms with van der Waals surface area (Å²) in [4.78, 5) is 4.54. The summed E-state index contributed by atoms with van der Waals surface area (Å²) in [5.74, 6) is 0. The van der Waals surface area contributed by atoms with Crippen molar-refractivity contribution in [2.24, 2.45) is 0 Å². The van der Waals surface area contributed by atoms with Crippen LogP contribution in [0.1, 0.15) is 31.0 Å². The Hall–Kier alpha value is -1.45. The van der Waals surface area contributed by atoms with Crippen LogP contribution in [0.2, 0.25) is 0 Å². The average molecular weight is 258 g/mol. The summed E-state index contributed by atoms with van der Waals surface area (Å²) in [5.41, 5.74) is 3.41. The maximum absolute atomic E-state index is 9.21. The van der Waals surface area contributed by atoms with Gasteiger partial charge in [0.05, 0.1) is 11.6 Å². The molecule has 1 heterocycles. The number of pyridine rings is 1. The molecule has 1 unspecified atom stereocenters. The number of para-hydroxylation sites is 1. The molecule has 0 aliphatic rings. The maximum atomic E-state index is 9.21. The highest BCUT2D eigenvalue weighted by Crippen LogP contribution is 2.17. The number of aryl methyl sites for hydroxylation is 1. The van der Waals surface area contributed by atoms with Crippen LogP contribution >= 0.6 is 0 Å². The Morgan fingerprint density at radius 1 is 1.32 bits per heavy atom. The van der Waals surface area contributed by atoms with Crippen molar-refractivity contribution in [3.05, 3.63) is 41.6 Å². The lowest BCUT2D eigenvalue weighted by Crippen LogP contribution is -2.16. The normalized spacial score (nSPS) is 12.8. The van der Waals surface area contributed by atoms with E-state index in [0.717, 1.165) is 37.1 Å². The van der Waals surface area contributed by atoms with Gasteiger partial charge in [0.25, 0.3) is 0 Å². The third kappa shape index (κ3) is 4.01. The second-order valence-corrected chi connectivity index (χ2v) is 5.11. The Balaban J connectivity index is 2.00. The van der Waals surface area contributed by atoms with Crippen LogP contribution in [0, 0.1) is 6.92 Å². The zero-order valence-corrected chi connectivity index (χ0v) is 11.7. The Kier molecular flexibility index (Phi) is 4.88. The van der Waals surface area contributed by atoms with Crippen molar-refractivity contribution in [1.29, 1.82) is 0 Å². The molecule has 2 N–H and O–H groups in total. The number of aliphatic hydroxyl groups is 1. The van der Waals surface area contributed by atoms with Gasteiger partial charge in [-0.1, -0.05) is 18.2 Å². The first kappa shape index (κ1) is 14.0. The van der Waals surface area contributed by atoms with E-state index in [1.165, 1.54) is 10.9 Å². The summed E-state index contributed by atoms with van der Waals surface area (Å²) < 4.78 is 0. The van der Waals surface area contributed by atoms with Gasteiger partial charge < -0.3 is 10.4 Å². The number of hydrogen-bond donors (Lipinski definition) is 2. The molecule has 2 rings (SSSR count). The lowest BCUT2D eigenvalue weighted by molar-refractivity contribution is 0.181. The van der Waals surface area contributed by atoms with Gasteiger partial charge in [-0.05, 0) is 50.9 Å². The SMILES string of the molecule is Cc1cc(CNCCCC(C)O)c2ccccc2n1. The standard InChI is InChI=1S/C16H22N2O/c1-12-10-14(11-17-9-5-6-13(2)19)15-7-3-4-8-16(15)18-12/h3-4,7-8,10,13,17,19H,5-6,9,11H2,1-2H3. The first-order chi connectivity index (χ1) is 9.16. The molecule has 2 aromatic rings. The van der Waals surface area contributed by atoms with E-state index >= 15 is 0 Å². The predicted molar refractivity (Wildman–Crippen MR) is 79.1 cm³/mol. The van der Waals surface area contributed by atoms with Crippen LogP contribution in [0.3, 0.4) is 0 Å². The van der Waals surface area contributed by atoms with Crippen molar-refractivity contribution >= 4 is 10.9 Å². The molecular weight excluding hydrogens is 236 g/mol. The quantitative estimate of drug-likeness (QED) is 0.783.